The number of alkyl halides is 3. The highest BCUT2D eigenvalue weighted by Gasteiger charge is 2.37. The average molecular weight is 312 g/mol. The number of ether oxygens (including phenoxy) is 1. The molecule has 2 saturated heterocycles. The van der Waals surface area contributed by atoms with Gasteiger partial charge in [0.25, 0.3) is 0 Å². The van der Waals surface area contributed by atoms with Gasteiger partial charge in [0, 0.05) is 32.7 Å². The SMILES string of the molecule is O[C@@H]1[C@H](O)CCN(CCC(F)(F)F)C[C@H]1N1CCOCC1. The van der Waals surface area contributed by atoms with Crippen LogP contribution < -0.4 is 0 Å². The number of morpholine rings is 1. The molecule has 2 aliphatic heterocycles. The van der Waals surface area contributed by atoms with E-state index in [1.807, 2.05) is 4.90 Å². The van der Waals surface area contributed by atoms with Gasteiger partial charge in [0.05, 0.1) is 37.9 Å². The molecular formula is C13H23F3N2O3. The van der Waals surface area contributed by atoms with Crippen LogP contribution in [0.3, 0.4) is 0 Å². The maximum Gasteiger partial charge on any atom is 0.390 e. The zero-order chi connectivity index (χ0) is 15.5. The number of likely N-dealkylation sites (tertiary alicyclic amines) is 1. The van der Waals surface area contributed by atoms with Crippen molar-refractivity contribution >= 4 is 0 Å². The van der Waals surface area contributed by atoms with Crippen molar-refractivity contribution in [2.24, 2.45) is 0 Å². The van der Waals surface area contributed by atoms with Crippen LogP contribution in [0, 0.1) is 0 Å². The van der Waals surface area contributed by atoms with Crippen molar-refractivity contribution in [2.75, 3.05) is 45.9 Å². The van der Waals surface area contributed by atoms with E-state index < -0.39 is 24.8 Å². The van der Waals surface area contributed by atoms with Crippen LogP contribution in [0.15, 0.2) is 0 Å². The Labute approximate surface area is 122 Å². The van der Waals surface area contributed by atoms with Gasteiger partial charge in [0.2, 0.25) is 0 Å². The third kappa shape index (κ3) is 5.07. The molecule has 0 spiro atoms. The van der Waals surface area contributed by atoms with Crippen LogP contribution >= 0.6 is 0 Å². The average Bonchev–Trinajstić information content (AvgIpc) is 2.58. The van der Waals surface area contributed by atoms with Gasteiger partial charge in [0.15, 0.2) is 0 Å². The standard InChI is InChI=1S/C13H23F3N2O3/c14-13(15,16)2-4-17-3-1-11(19)12(20)10(9-17)18-5-7-21-8-6-18/h10-12,19-20H,1-9H2/t10-,11-,12+/m1/s1. The first-order valence-electron chi connectivity index (χ1n) is 7.34. The summed E-state index contributed by atoms with van der Waals surface area (Å²) in [5.41, 5.74) is 0. The van der Waals surface area contributed by atoms with Crippen LogP contribution in [0.4, 0.5) is 13.2 Å². The van der Waals surface area contributed by atoms with E-state index in [9.17, 15) is 23.4 Å². The highest BCUT2D eigenvalue weighted by molar-refractivity contribution is 4.90. The zero-order valence-corrected chi connectivity index (χ0v) is 11.9. The zero-order valence-electron chi connectivity index (χ0n) is 11.9. The van der Waals surface area contributed by atoms with Crippen LogP contribution in [-0.2, 0) is 4.74 Å². The normalized spacial score (nSPS) is 33.9. The molecule has 0 amide bonds. The maximum atomic E-state index is 12.4. The van der Waals surface area contributed by atoms with Gasteiger partial charge in [-0.2, -0.15) is 13.2 Å². The van der Waals surface area contributed by atoms with Crippen LogP contribution in [0.2, 0.25) is 0 Å². The van der Waals surface area contributed by atoms with E-state index >= 15 is 0 Å². The first-order valence-corrected chi connectivity index (χ1v) is 7.34. The fourth-order valence-electron chi connectivity index (χ4n) is 2.93. The maximum absolute atomic E-state index is 12.4. The second-order valence-electron chi connectivity index (χ2n) is 5.73. The van der Waals surface area contributed by atoms with E-state index in [2.05, 4.69) is 0 Å². The molecule has 0 unspecified atom stereocenters. The van der Waals surface area contributed by atoms with Crippen molar-refractivity contribution in [1.82, 2.24) is 9.80 Å². The second kappa shape index (κ2) is 7.23. The molecule has 2 rings (SSSR count). The number of halogens is 3. The van der Waals surface area contributed by atoms with Gasteiger partial charge in [-0.3, -0.25) is 4.90 Å². The van der Waals surface area contributed by atoms with Crippen LogP contribution in [-0.4, -0.2) is 90.4 Å². The summed E-state index contributed by atoms with van der Waals surface area (Å²) in [7, 11) is 0. The van der Waals surface area contributed by atoms with Crippen molar-refractivity contribution < 1.29 is 28.1 Å². The highest BCUT2D eigenvalue weighted by Crippen LogP contribution is 2.23. The Morgan fingerprint density at radius 2 is 1.76 bits per heavy atom. The number of aliphatic hydroxyl groups is 2. The third-order valence-electron chi connectivity index (χ3n) is 4.20. The summed E-state index contributed by atoms with van der Waals surface area (Å²) in [6, 6.07) is -0.348. The minimum absolute atomic E-state index is 0.0935. The summed E-state index contributed by atoms with van der Waals surface area (Å²) < 4.78 is 42.3. The Morgan fingerprint density at radius 3 is 2.38 bits per heavy atom. The molecule has 0 radical (unpaired) electrons. The lowest BCUT2D eigenvalue weighted by Gasteiger charge is -2.38. The molecule has 8 heteroatoms. The number of aliphatic hydroxyl groups excluding tert-OH is 2. The Hall–Kier alpha value is -0.410. The summed E-state index contributed by atoms with van der Waals surface area (Å²) in [4.78, 5) is 3.69. The number of nitrogens with zero attached hydrogens (tertiary/aromatic N) is 2. The smallest absolute Gasteiger partial charge is 0.390 e. The monoisotopic (exact) mass is 312 g/mol. The summed E-state index contributed by atoms with van der Waals surface area (Å²) in [6.07, 6.45) is -6.58. The topological polar surface area (TPSA) is 56.2 Å². The van der Waals surface area contributed by atoms with Gasteiger partial charge in [-0.1, -0.05) is 0 Å². The van der Waals surface area contributed by atoms with E-state index in [1.54, 1.807) is 4.90 Å². The molecule has 21 heavy (non-hydrogen) atoms. The number of hydrogen-bond donors (Lipinski definition) is 2. The Morgan fingerprint density at radius 1 is 1.10 bits per heavy atom. The highest BCUT2D eigenvalue weighted by atomic mass is 19.4. The van der Waals surface area contributed by atoms with Gasteiger partial charge in [0.1, 0.15) is 0 Å². The first-order chi connectivity index (χ1) is 9.87. The largest absolute Gasteiger partial charge is 0.390 e. The third-order valence-corrected chi connectivity index (χ3v) is 4.20. The summed E-state index contributed by atoms with van der Waals surface area (Å²) in [5.74, 6) is 0. The van der Waals surface area contributed by atoms with E-state index in [-0.39, 0.29) is 12.6 Å². The molecular weight excluding hydrogens is 289 g/mol. The molecule has 2 heterocycles. The molecule has 2 aliphatic rings. The number of rotatable bonds is 3. The molecule has 124 valence electrons. The first kappa shape index (κ1) is 17.0. The number of hydrogen-bond acceptors (Lipinski definition) is 5. The minimum atomic E-state index is -4.18. The molecule has 2 fully saturated rings. The fourth-order valence-corrected chi connectivity index (χ4v) is 2.93. The Kier molecular flexibility index (Phi) is 5.84. The summed E-state index contributed by atoms with van der Waals surface area (Å²) >= 11 is 0. The molecule has 0 aromatic rings. The van der Waals surface area contributed by atoms with Crippen LogP contribution in [0.1, 0.15) is 12.8 Å². The van der Waals surface area contributed by atoms with Gasteiger partial charge < -0.3 is 19.8 Å². The lowest BCUT2D eigenvalue weighted by Crippen LogP contribution is -2.55. The van der Waals surface area contributed by atoms with E-state index in [0.717, 1.165) is 0 Å². The van der Waals surface area contributed by atoms with Gasteiger partial charge >= 0.3 is 6.18 Å². The quantitative estimate of drug-likeness (QED) is 0.772. The van der Waals surface area contributed by atoms with Crippen molar-refractivity contribution in [2.45, 2.75) is 37.3 Å². The summed E-state index contributed by atoms with van der Waals surface area (Å²) in [6.45, 7) is 2.96. The molecule has 5 nitrogen and oxygen atoms in total. The van der Waals surface area contributed by atoms with E-state index in [0.29, 0.717) is 45.8 Å². The van der Waals surface area contributed by atoms with Gasteiger partial charge in [-0.05, 0) is 6.42 Å². The van der Waals surface area contributed by atoms with E-state index in [4.69, 9.17) is 4.74 Å². The predicted octanol–water partition coefficient (Wildman–Crippen LogP) is 0.0671. The van der Waals surface area contributed by atoms with Crippen molar-refractivity contribution in [3.05, 3.63) is 0 Å². The van der Waals surface area contributed by atoms with Crippen molar-refractivity contribution in [1.29, 1.82) is 0 Å². The molecule has 2 N–H and O–H groups in total. The molecule has 0 aliphatic carbocycles. The predicted molar refractivity (Wildman–Crippen MR) is 69.9 cm³/mol. The lowest BCUT2D eigenvalue weighted by molar-refractivity contribution is -0.138. The van der Waals surface area contributed by atoms with Gasteiger partial charge in [-0.15, -0.1) is 0 Å². The van der Waals surface area contributed by atoms with Crippen LogP contribution in [0.25, 0.3) is 0 Å². The van der Waals surface area contributed by atoms with E-state index in [1.165, 1.54) is 0 Å². The summed E-state index contributed by atoms with van der Waals surface area (Å²) in [5, 5.41) is 20.2. The molecule has 3 atom stereocenters. The molecule has 0 saturated carbocycles. The van der Waals surface area contributed by atoms with Crippen molar-refractivity contribution in [3.63, 3.8) is 0 Å². The molecule has 0 aromatic heterocycles. The fraction of sp³-hybridized carbons (Fsp3) is 1.00. The Bertz CT molecular complexity index is 324. The molecule has 0 bridgehead atoms. The van der Waals surface area contributed by atoms with Crippen LogP contribution in [0.5, 0.6) is 0 Å². The Balaban J connectivity index is 1.98. The lowest BCUT2D eigenvalue weighted by atomic mass is 10.0. The second-order valence-corrected chi connectivity index (χ2v) is 5.73. The molecule has 0 aromatic carbocycles. The van der Waals surface area contributed by atoms with Gasteiger partial charge in [-0.25, -0.2) is 0 Å². The minimum Gasteiger partial charge on any atom is -0.390 e. The van der Waals surface area contributed by atoms with Crippen molar-refractivity contribution in [3.8, 4) is 0 Å².